The average Bonchev–Trinajstić information content (AvgIpc) is 3.40. The Morgan fingerprint density at radius 1 is 0.270 bits per heavy atom. The highest BCUT2D eigenvalue weighted by atomic mass is 16.6. The summed E-state index contributed by atoms with van der Waals surface area (Å²) < 4.78 is 16.9. The van der Waals surface area contributed by atoms with Crippen LogP contribution < -0.4 is 0 Å². The van der Waals surface area contributed by atoms with Gasteiger partial charge in [0, 0.05) is 19.3 Å². The summed E-state index contributed by atoms with van der Waals surface area (Å²) in [6.45, 7) is 6.58. The molecule has 0 aliphatic heterocycles. The van der Waals surface area contributed by atoms with Gasteiger partial charge in [0.1, 0.15) is 13.2 Å². The van der Waals surface area contributed by atoms with Crippen molar-refractivity contribution in [3.05, 3.63) is 72.9 Å². The first-order valence-corrected chi connectivity index (χ1v) is 31.9. The van der Waals surface area contributed by atoms with Gasteiger partial charge in [0.2, 0.25) is 0 Å². The zero-order chi connectivity index (χ0) is 53.6. The third kappa shape index (κ3) is 59.7. The Bertz CT molecular complexity index is 1370. The Labute approximate surface area is 459 Å². The fourth-order valence-corrected chi connectivity index (χ4v) is 9.05. The molecule has 0 radical (unpaired) electrons. The van der Waals surface area contributed by atoms with Gasteiger partial charge >= 0.3 is 17.9 Å². The van der Waals surface area contributed by atoms with Crippen LogP contribution in [0.2, 0.25) is 0 Å². The van der Waals surface area contributed by atoms with Crippen molar-refractivity contribution in [3.63, 3.8) is 0 Å². The van der Waals surface area contributed by atoms with Crippen molar-refractivity contribution < 1.29 is 28.6 Å². The maximum atomic E-state index is 12.9. The Morgan fingerprint density at radius 2 is 0.500 bits per heavy atom. The molecular weight excluding hydrogens is 913 g/mol. The molecule has 0 aliphatic rings. The summed E-state index contributed by atoms with van der Waals surface area (Å²) >= 11 is 0. The molecule has 0 aromatic rings. The molecule has 6 nitrogen and oxygen atoms in total. The van der Waals surface area contributed by atoms with Gasteiger partial charge in [0.25, 0.3) is 0 Å². The first-order chi connectivity index (χ1) is 36.5. The lowest BCUT2D eigenvalue weighted by Crippen LogP contribution is -2.30. The Balaban J connectivity index is 4.35. The van der Waals surface area contributed by atoms with E-state index in [1.807, 2.05) is 0 Å². The van der Waals surface area contributed by atoms with Crippen molar-refractivity contribution in [2.24, 2.45) is 0 Å². The molecular formula is C68H120O6. The summed E-state index contributed by atoms with van der Waals surface area (Å²) in [6, 6.07) is 0. The van der Waals surface area contributed by atoms with E-state index in [4.69, 9.17) is 14.2 Å². The lowest BCUT2D eigenvalue weighted by molar-refractivity contribution is -0.167. The van der Waals surface area contributed by atoms with Crippen LogP contribution >= 0.6 is 0 Å². The number of hydrogen-bond donors (Lipinski definition) is 0. The summed E-state index contributed by atoms with van der Waals surface area (Å²) in [5.41, 5.74) is 0. The van der Waals surface area contributed by atoms with Gasteiger partial charge in [-0.15, -0.1) is 0 Å². The average molecular weight is 1030 g/mol. The number of hydrogen-bond acceptors (Lipinski definition) is 6. The van der Waals surface area contributed by atoms with Gasteiger partial charge < -0.3 is 14.2 Å². The van der Waals surface area contributed by atoms with Gasteiger partial charge in [0.15, 0.2) is 6.10 Å². The minimum absolute atomic E-state index is 0.0846. The lowest BCUT2D eigenvalue weighted by atomic mass is 10.0. The monoisotopic (exact) mass is 1030 g/mol. The number of ether oxygens (including phenoxy) is 3. The first-order valence-electron chi connectivity index (χ1n) is 31.9. The Morgan fingerprint density at radius 3 is 0.838 bits per heavy atom. The molecule has 0 fully saturated rings. The predicted molar refractivity (Wildman–Crippen MR) is 321 cm³/mol. The van der Waals surface area contributed by atoms with Crippen LogP contribution in [0.15, 0.2) is 72.9 Å². The van der Waals surface area contributed by atoms with E-state index in [9.17, 15) is 14.4 Å². The van der Waals surface area contributed by atoms with Crippen LogP contribution in [0.3, 0.4) is 0 Å². The molecule has 0 rings (SSSR count). The van der Waals surface area contributed by atoms with Crippen molar-refractivity contribution in [1.29, 1.82) is 0 Å². The normalized spacial score (nSPS) is 12.5. The fraction of sp³-hybridized carbons (Fsp3) is 0.779. The lowest BCUT2D eigenvalue weighted by Gasteiger charge is -2.18. The van der Waals surface area contributed by atoms with E-state index in [2.05, 4.69) is 93.7 Å². The maximum Gasteiger partial charge on any atom is 0.306 e. The number of allylic oxidation sites excluding steroid dienone is 12. The molecule has 0 aliphatic carbocycles. The van der Waals surface area contributed by atoms with E-state index in [0.717, 1.165) is 103 Å². The minimum atomic E-state index is -0.790. The minimum Gasteiger partial charge on any atom is -0.462 e. The quantitative estimate of drug-likeness (QED) is 0.0261. The highest BCUT2D eigenvalue weighted by Gasteiger charge is 2.19. The molecule has 0 saturated carbocycles. The first kappa shape index (κ1) is 70.8. The second kappa shape index (κ2) is 62.4. The number of carbonyl (C=O) groups excluding carboxylic acids is 3. The summed E-state index contributed by atoms with van der Waals surface area (Å²) in [7, 11) is 0. The predicted octanol–water partition coefficient (Wildman–Crippen LogP) is 21.7. The third-order valence-electron chi connectivity index (χ3n) is 13.9. The van der Waals surface area contributed by atoms with E-state index in [1.54, 1.807) is 0 Å². The van der Waals surface area contributed by atoms with Crippen molar-refractivity contribution in [2.75, 3.05) is 13.2 Å². The number of esters is 3. The summed E-state index contributed by atoms with van der Waals surface area (Å²) in [6.07, 6.45) is 80.4. The molecule has 0 aromatic heterocycles. The standard InChI is InChI=1S/C68H120O6/c1-4-7-10-13-16-19-22-25-28-30-32-33-34-35-37-38-40-43-46-49-52-55-58-61-67(70)73-64-65(63-72-66(69)60-57-54-51-48-45-42-27-24-21-18-15-12-9-6-3)74-68(71)62-59-56-53-50-47-44-41-39-36-31-29-26-23-20-17-14-11-8-5-2/h15,17-18,20,24,26-27,29-30,32,36,39,65H,4-14,16,19,21-23,25,28,31,33-35,37-38,40-64H2,1-3H3/b18-15-,20-17-,27-24-,29-26-,32-30-,39-36-. The zero-order valence-electron chi connectivity index (χ0n) is 49.1. The number of rotatable bonds is 58. The zero-order valence-corrected chi connectivity index (χ0v) is 49.1. The van der Waals surface area contributed by atoms with E-state index in [-0.39, 0.29) is 31.1 Å². The van der Waals surface area contributed by atoms with Crippen LogP contribution in [-0.4, -0.2) is 37.2 Å². The van der Waals surface area contributed by atoms with Crippen molar-refractivity contribution in [2.45, 2.75) is 329 Å². The van der Waals surface area contributed by atoms with Crippen LogP contribution in [0.4, 0.5) is 0 Å². The molecule has 1 unspecified atom stereocenters. The van der Waals surface area contributed by atoms with Gasteiger partial charge in [-0.2, -0.15) is 0 Å². The molecule has 0 amide bonds. The van der Waals surface area contributed by atoms with E-state index < -0.39 is 6.10 Å². The molecule has 1 atom stereocenters. The fourth-order valence-electron chi connectivity index (χ4n) is 9.05. The molecule has 0 heterocycles. The van der Waals surface area contributed by atoms with Crippen LogP contribution in [0.25, 0.3) is 0 Å². The largest absolute Gasteiger partial charge is 0.462 e. The van der Waals surface area contributed by atoms with Gasteiger partial charge in [0.05, 0.1) is 0 Å². The van der Waals surface area contributed by atoms with E-state index in [0.29, 0.717) is 19.3 Å². The highest BCUT2D eigenvalue weighted by Crippen LogP contribution is 2.16. The Kier molecular flexibility index (Phi) is 59.7. The number of carbonyl (C=O) groups is 3. The van der Waals surface area contributed by atoms with Crippen LogP contribution in [0, 0.1) is 0 Å². The Hall–Kier alpha value is -3.15. The van der Waals surface area contributed by atoms with Crippen LogP contribution in [0.1, 0.15) is 323 Å². The molecule has 0 N–H and O–H groups in total. The molecule has 74 heavy (non-hydrogen) atoms. The maximum absolute atomic E-state index is 12.9. The molecule has 0 bridgehead atoms. The molecule has 0 aromatic carbocycles. The second-order valence-electron chi connectivity index (χ2n) is 21.3. The van der Waals surface area contributed by atoms with Crippen molar-refractivity contribution in [3.8, 4) is 0 Å². The van der Waals surface area contributed by atoms with Crippen molar-refractivity contribution >= 4 is 17.9 Å². The topological polar surface area (TPSA) is 78.9 Å². The summed E-state index contributed by atoms with van der Waals surface area (Å²) in [5.74, 6) is -0.900. The van der Waals surface area contributed by atoms with E-state index >= 15 is 0 Å². The van der Waals surface area contributed by atoms with E-state index in [1.165, 1.54) is 180 Å². The highest BCUT2D eigenvalue weighted by molar-refractivity contribution is 5.71. The number of unbranched alkanes of at least 4 members (excludes halogenated alkanes) is 35. The van der Waals surface area contributed by atoms with Gasteiger partial charge in [-0.1, -0.05) is 267 Å². The SMILES string of the molecule is CCCC/C=C\C/C=C\CCCCCCCC(=O)OCC(COC(=O)CCCCCCCCCCCCC/C=C\CCCCCCCCCC)OC(=O)CCCCCCCC/C=C\C/C=C\C/C=C\CCCCC. The van der Waals surface area contributed by atoms with Crippen LogP contribution in [-0.2, 0) is 28.6 Å². The third-order valence-corrected chi connectivity index (χ3v) is 13.9. The molecule has 428 valence electrons. The molecule has 0 saturated heterocycles. The van der Waals surface area contributed by atoms with Crippen molar-refractivity contribution in [1.82, 2.24) is 0 Å². The molecule has 0 spiro atoms. The second-order valence-corrected chi connectivity index (χ2v) is 21.3. The summed E-state index contributed by atoms with van der Waals surface area (Å²) in [4.78, 5) is 38.3. The van der Waals surface area contributed by atoms with Gasteiger partial charge in [-0.25, -0.2) is 0 Å². The molecule has 6 heteroatoms. The van der Waals surface area contributed by atoms with Gasteiger partial charge in [-0.3, -0.25) is 14.4 Å². The summed E-state index contributed by atoms with van der Waals surface area (Å²) in [5, 5.41) is 0. The van der Waals surface area contributed by atoms with Crippen LogP contribution in [0.5, 0.6) is 0 Å². The smallest absolute Gasteiger partial charge is 0.306 e. The van der Waals surface area contributed by atoms with Gasteiger partial charge in [-0.05, 0) is 109 Å².